The highest BCUT2D eigenvalue weighted by molar-refractivity contribution is 5.98. The Morgan fingerprint density at radius 3 is 1.63 bits per heavy atom. The highest BCUT2D eigenvalue weighted by Gasteiger charge is 2.23. The number of carboxylic acid groups (broad SMARTS) is 1. The number of carbonyl (C=O) groups is 2. The largest absolute Gasteiger partial charge is 0.478 e. The summed E-state index contributed by atoms with van der Waals surface area (Å²) in [4.78, 5) is 40.1. The van der Waals surface area contributed by atoms with Gasteiger partial charge in [0.25, 0.3) is 5.91 Å². The fourth-order valence-corrected chi connectivity index (χ4v) is 7.59. The molecular formula is C48H47N9O3. The Kier molecular flexibility index (Phi) is 11.6. The quantitative estimate of drug-likeness (QED) is 0.131. The SMILES string of the molecule is Cc1ccccc1-c1[nH]nc2ncc(-c3cccc(C(=O)N4CCN(CCN(C)C)CC4)c3)cc12.Cc1ccccc1-c1[nH]nc2ncc(-c3cccc(C(=O)O)c3)cc12. The molecule has 4 aromatic heterocycles. The van der Waals surface area contributed by atoms with Crippen LogP contribution in [-0.2, 0) is 0 Å². The molecule has 60 heavy (non-hydrogen) atoms. The summed E-state index contributed by atoms with van der Waals surface area (Å²) >= 11 is 0. The number of benzene rings is 4. The Balaban J connectivity index is 0.000000176. The van der Waals surface area contributed by atoms with Gasteiger partial charge in [0.2, 0.25) is 0 Å². The number of nitrogens with zero attached hydrogens (tertiary/aromatic N) is 7. The molecule has 5 heterocycles. The lowest BCUT2D eigenvalue weighted by atomic mass is 10.0. The first-order valence-corrected chi connectivity index (χ1v) is 20.0. The van der Waals surface area contributed by atoms with Crippen molar-refractivity contribution in [3.05, 3.63) is 144 Å². The van der Waals surface area contributed by atoms with Crippen molar-refractivity contribution in [1.82, 2.24) is 45.1 Å². The fourth-order valence-electron chi connectivity index (χ4n) is 7.59. The standard InChI is InChI=1S/C28H32N6O.C20H15N3O2/c1-20-7-4-5-10-24(20)26-25-18-23(19-29-27(25)31-30-26)21-8-6-9-22(17-21)28(35)34-15-13-33(14-16-34)12-11-32(2)3;1-12-5-2-3-8-16(12)18-17-10-15(11-21-19(17)23-22-18)13-6-4-7-14(9-13)20(24)25/h4-10,17-19H,11-16H2,1-3H3,(H,29,30,31);2-11H,1H3,(H,24,25)(H,21,22,23). The summed E-state index contributed by atoms with van der Waals surface area (Å²) in [5.74, 6) is -0.850. The van der Waals surface area contributed by atoms with Gasteiger partial charge < -0.3 is 14.9 Å². The predicted molar refractivity (Wildman–Crippen MR) is 237 cm³/mol. The van der Waals surface area contributed by atoms with E-state index < -0.39 is 5.97 Å². The number of aryl methyl sites for hydroxylation is 2. The first kappa shape index (κ1) is 39.8. The first-order valence-electron chi connectivity index (χ1n) is 20.0. The number of nitrogens with one attached hydrogen (secondary N) is 2. The number of aromatic nitrogens is 6. The van der Waals surface area contributed by atoms with Gasteiger partial charge in [0.1, 0.15) is 0 Å². The van der Waals surface area contributed by atoms with Crippen LogP contribution in [0.25, 0.3) is 66.8 Å². The lowest BCUT2D eigenvalue weighted by molar-refractivity contribution is 0.0629. The van der Waals surface area contributed by atoms with Crippen LogP contribution in [0.3, 0.4) is 0 Å². The molecule has 4 aromatic carbocycles. The third-order valence-electron chi connectivity index (χ3n) is 11.1. The summed E-state index contributed by atoms with van der Waals surface area (Å²) in [6.45, 7) is 9.59. The van der Waals surface area contributed by atoms with Crippen molar-refractivity contribution in [3.63, 3.8) is 0 Å². The maximum atomic E-state index is 13.3. The second kappa shape index (κ2) is 17.5. The van der Waals surface area contributed by atoms with Crippen LogP contribution in [0.5, 0.6) is 0 Å². The van der Waals surface area contributed by atoms with E-state index in [9.17, 15) is 14.7 Å². The average Bonchev–Trinajstić information content (AvgIpc) is 3.90. The van der Waals surface area contributed by atoms with Gasteiger partial charge >= 0.3 is 5.97 Å². The van der Waals surface area contributed by atoms with Crippen molar-refractivity contribution < 1.29 is 14.7 Å². The van der Waals surface area contributed by atoms with E-state index in [1.807, 2.05) is 77.8 Å². The van der Waals surface area contributed by atoms with E-state index in [1.54, 1.807) is 24.4 Å². The maximum Gasteiger partial charge on any atom is 0.335 e. The molecule has 1 amide bonds. The lowest BCUT2D eigenvalue weighted by Crippen LogP contribution is -2.49. The molecule has 1 aliphatic heterocycles. The molecule has 9 rings (SSSR count). The average molecular weight is 798 g/mol. The number of carbonyl (C=O) groups excluding carboxylic acids is 1. The molecule has 3 N–H and O–H groups in total. The lowest BCUT2D eigenvalue weighted by Gasteiger charge is -2.35. The predicted octanol–water partition coefficient (Wildman–Crippen LogP) is 8.22. The Morgan fingerprint density at radius 2 is 1.13 bits per heavy atom. The van der Waals surface area contributed by atoms with Gasteiger partial charge in [-0.2, -0.15) is 10.2 Å². The maximum absolute atomic E-state index is 13.3. The summed E-state index contributed by atoms with van der Waals surface area (Å²) in [7, 11) is 4.19. The van der Waals surface area contributed by atoms with E-state index in [1.165, 1.54) is 5.56 Å². The number of likely N-dealkylation sites (N-methyl/N-ethyl adjacent to an activating group) is 1. The number of hydrogen-bond acceptors (Lipinski definition) is 8. The number of piperazine rings is 1. The summed E-state index contributed by atoms with van der Waals surface area (Å²) in [5.41, 5.74) is 12.3. The van der Waals surface area contributed by atoms with Crippen molar-refractivity contribution in [2.45, 2.75) is 13.8 Å². The zero-order valence-corrected chi connectivity index (χ0v) is 34.2. The molecule has 1 saturated heterocycles. The number of H-pyrrole nitrogens is 2. The van der Waals surface area contributed by atoms with Gasteiger partial charge in [0.15, 0.2) is 11.3 Å². The number of hydrogen-bond donors (Lipinski definition) is 3. The van der Waals surface area contributed by atoms with E-state index in [2.05, 4.69) is 92.4 Å². The van der Waals surface area contributed by atoms with Crippen LogP contribution in [0.1, 0.15) is 31.8 Å². The minimum Gasteiger partial charge on any atom is -0.478 e. The van der Waals surface area contributed by atoms with E-state index in [0.29, 0.717) is 11.3 Å². The van der Waals surface area contributed by atoms with Crippen molar-refractivity contribution in [2.75, 3.05) is 53.4 Å². The number of rotatable bonds is 9. The number of fused-ring (bicyclic) bond motifs is 2. The number of aromatic carboxylic acids is 1. The van der Waals surface area contributed by atoms with Gasteiger partial charge in [-0.05, 0) is 86.6 Å². The number of aromatic amines is 2. The highest BCUT2D eigenvalue weighted by Crippen LogP contribution is 2.33. The molecule has 12 nitrogen and oxygen atoms in total. The molecule has 0 bridgehead atoms. The molecule has 302 valence electrons. The smallest absolute Gasteiger partial charge is 0.335 e. The molecule has 12 heteroatoms. The summed E-state index contributed by atoms with van der Waals surface area (Å²) in [6, 6.07) is 35.2. The van der Waals surface area contributed by atoms with Crippen LogP contribution in [0, 0.1) is 13.8 Å². The number of pyridine rings is 2. The molecule has 0 spiro atoms. The van der Waals surface area contributed by atoms with Crippen LogP contribution in [0.4, 0.5) is 0 Å². The molecule has 0 aliphatic carbocycles. The second-order valence-electron chi connectivity index (χ2n) is 15.4. The third kappa shape index (κ3) is 8.56. The van der Waals surface area contributed by atoms with Crippen LogP contribution in [-0.4, -0.2) is 115 Å². The number of carboxylic acids is 1. The zero-order valence-electron chi connectivity index (χ0n) is 34.2. The van der Waals surface area contributed by atoms with Gasteiger partial charge in [-0.15, -0.1) is 0 Å². The second-order valence-corrected chi connectivity index (χ2v) is 15.4. The molecule has 0 unspecified atom stereocenters. The normalized spacial score (nSPS) is 13.1. The van der Waals surface area contributed by atoms with Gasteiger partial charge in [0, 0.05) is 90.3 Å². The van der Waals surface area contributed by atoms with Gasteiger partial charge in [0.05, 0.1) is 17.0 Å². The van der Waals surface area contributed by atoms with Crippen LogP contribution in [0.2, 0.25) is 0 Å². The van der Waals surface area contributed by atoms with E-state index in [0.717, 1.165) is 106 Å². The highest BCUT2D eigenvalue weighted by atomic mass is 16.4. The Morgan fingerprint density at radius 1 is 0.633 bits per heavy atom. The zero-order chi connectivity index (χ0) is 41.8. The van der Waals surface area contributed by atoms with Crippen molar-refractivity contribution in [1.29, 1.82) is 0 Å². The van der Waals surface area contributed by atoms with Crippen LogP contribution < -0.4 is 0 Å². The summed E-state index contributed by atoms with van der Waals surface area (Å²) < 4.78 is 0. The Bertz CT molecular complexity index is 2820. The molecule has 1 fully saturated rings. The van der Waals surface area contributed by atoms with Crippen LogP contribution in [0.15, 0.2) is 122 Å². The van der Waals surface area contributed by atoms with E-state index >= 15 is 0 Å². The molecule has 0 saturated carbocycles. The topological polar surface area (TPSA) is 147 Å². The molecule has 0 radical (unpaired) electrons. The van der Waals surface area contributed by atoms with Crippen molar-refractivity contribution in [3.8, 4) is 44.8 Å². The van der Waals surface area contributed by atoms with Gasteiger partial charge in [-0.3, -0.25) is 19.9 Å². The molecule has 1 aliphatic rings. The first-order chi connectivity index (χ1) is 29.1. The van der Waals surface area contributed by atoms with Crippen molar-refractivity contribution in [2.24, 2.45) is 0 Å². The molecule has 8 aromatic rings. The Labute approximate surface area is 348 Å². The third-order valence-corrected chi connectivity index (χ3v) is 11.1. The Hall–Kier alpha value is -7.02. The van der Waals surface area contributed by atoms with E-state index in [-0.39, 0.29) is 11.5 Å². The summed E-state index contributed by atoms with van der Waals surface area (Å²) in [5, 5.41) is 26.0. The minimum atomic E-state index is -0.945. The van der Waals surface area contributed by atoms with Crippen molar-refractivity contribution >= 4 is 33.9 Å². The fraction of sp³-hybridized carbons (Fsp3) is 0.208. The molecule has 0 atom stereocenters. The molecular weight excluding hydrogens is 751 g/mol. The monoisotopic (exact) mass is 797 g/mol. The van der Waals surface area contributed by atoms with E-state index in [4.69, 9.17) is 0 Å². The minimum absolute atomic E-state index is 0.0945. The van der Waals surface area contributed by atoms with Crippen LogP contribution >= 0.6 is 0 Å². The number of amides is 1. The summed E-state index contributed by atoms with van der Waals surface area (Å²) in [6.07, 6.45) is 3.55. The van der Waals surface area contributed by atoms with Gasteiger partial charge in [-0.1, -0.05) is 72.8 Å². The van der Waals surface area contributed by atoms with Gasteiger partial charge in [-0.25, -0.2) is 14.8 Å².